The van der Waals surface area contributed by atoms with E-state index in [0.717, 1.165) is 30.1 Å². The van der Waals surface area contributed by atoms with Crippen LogP contribution in [0.4, 0.5) is 0 Å². The number of aliphatic imine (C=N–C) groups is 1. The van der Waals surface area contributed by atoms with Crippen molar-refractivity contribution in [3.63, 3.8) is 0 Å². The summed E-state index contributed by atoms with van der Waals surface area (Å²) in [6.45, 7) is 3.98. The predicted molar refractivity (Wildman–Crippen MR) is 106 cm³/mol. The molecule has 4 N–H and O–H groups in total. The van der Waals surface area contributed by atoms with Crippen molar-refractivity contribution in [2.75, 3.05) is 13.1 Å². The van der Waals surface area contributed by atoms with Crippen LogP contribution < -0.4 is 15.8 Å². The third-order valence-electron chi connectivity index (χ3n) is 3.64. The van der Waals surface area contributed by atoms with Gasteiger partial charge in [0.15, 0.2) is 5.96 Å². The molecule has 2 rings (SSSR count). The SMILES string of the molecule is CCNC(=NCc1ccc(Cl)cc1)NCCc1ccc(S(N)(=O)=O)cc1. The van der Waals surface area contributed by atoms with E-state index in [2.05, 4.69) is 15.6 Å². The van der Waals surface area contributed by atoms with E-state index >= 15 is 0 Å². The summed E-state index contributed by atoms with van der Waals surface area (Å²) in [6, 6.07) is 14.1. The highest BCUT2D eigenvalue weighted by Gasteiger charge is 2.06. The molecule has 0 saturated carbocycles. The number of guanidine groups is 1. The molecule has 26 heavy (non-hydrogen) atoms. The first-order chi connectivity index (χ1) is 12.4. The van der Waals surface area contributed by atoms with Crippen molar-refractivity contribution in [2.24, 2.45) is 10.1 Å². The molecule has 140 valence electrons. The first-order valence-electron chi connectivity index (χ1n) is 8.27. The van der Waals surface area contributed by atoms with Gasteiger partial charge in [0.25, 0.3) is 0 Å². The fourth-order valence-electron chi connectivity index (χ4n) is 2.27. The number of nitrogens with two attached hydrogens (primary N) is 1. The molecule has 0 radical (unpaired) electrons. The summed E-state index contributed by atoms with van der Waals surface area (Å²) < 4.78 is 22.5. The molecule has 0 heterocycles. The minimum Gasteiger partial charge on any atom is -0.357 e. The molecule has 0 spiro atoms. The number of hydrogen-bond donors (Lipinski definition) is 3. The lowest BCUT2D eigenvalue weighted by Crippen LogP contribution is -2.38. The third-order valence-corrected chi connectivity index (χ3v) is 4.82. The zero-order valence-corrected chi connectivity index (χ0v) is 16.1. The summed E-state index contributed by atoms with van der Waals surface area (Å²) in [7, 11) is -3.65. The lowest BCUT2D eigenvalue weighted by Gasteiger charge is -2.11. The first-order valence-corrected chi connectivity index (χ1v) is 10.2. The Morgan fingerprint density at radius 2 is 1.65 bits per heavy atom. The van der Waals surface area contributed by atoms with E-state index in [0.29, 0.717) is 18.1 Å². The van der Waals surface area contributed by atoms with Crippen LogP contribution in [0.15, 0.2) is 58.4 Å². The molecule has 0 atom stereocenters. The summed E-state index contributed by atoms with van der Waals surface area (Å²) in [5, 5.41) is 12.3. The van der Waals surface area contributed by atoms with Crippen LogP contribution in [0.2, 0.25) is 5.02 Å². The van der Waals surface area contributed by atoms with Gasteiger partial charge in [-0.1, -0.05) is 35.9 Å². The molecule has 0 fully saturated rings. The second-order valence-corrected chi connectivity index (χ2v) is 7.69. The zero-order chi connectivity index (χ0) is 19.0. The fraction of sp³-hybridized carbons (Fsp3) is 0.278. The van der Waals surface area contributed by atoms with Gasteiger partial charge in [0.05, 0.1) is 11.4 Å². The predicted octanol–water partition coefficient (Wildman–Crippen LogP) is 2.29. The first kappa shape index (κ1) is 20.2. The third kappa shape index (κ3) is 6.67. The van der Waals surface area contributed by atoms with Crippen LogP contribution in [0.1, 0.15) is 18.1 Å². The topological polar surface area (TPSA) is 96.6 Å². The van der Waals surface area contributed by atoms with Crippen LogP contribution in [0, 0.1) is 0 Å². The van der Waals surface area contributed by atoms with Crippen molar-refractivity contribution in [3.8, 4) is 0 Å². The highest BCUT2D eigenvalue weighted by Crippen LogP contribution is 2.10. The molecule has 2 aromatic carbocycles. The quantitative estimate of drug-likeness (QED) is 0.495. The van der Waals surface area contributed by atoms with E-state index in [-0.39, 0.29) is 4.90 Å². The number of halogens is 1. The summed E-state index contributed by atoms with van der Waals surface area (Å²) in [4.78, 5) is 4.66. The van der Waals surface area contributed by atoms with Crippen molar-refractivity contribution in [1.82, 2.24) is 10.6 Å². The van der Waals surface area contributed by atoms with Gasteiger partial charge < -0.3 is 10.6 Å². The Hall–Kier alpha value is -2.09. The smallest absolute Gasteiger partial charge is 0.238 e. The molecule has 0 aliphatic rings. The molecule has 0 aromatic heterocycles. The molecule has 2 aromatic rings. The van der Waals surface area contributed by atoms with Crippen molar-refractivity contribution < 1.29 is 8.42 Å². The molecule has 8 heteroatoms. The summed E-state index contributed by atoms with van der Waals surface area (Å²) in [6.07, 6.45) is 0.732. The van der Waals surface area contributed by atoms with E-state index in [9.17, 15) is 8.42 Å². The maximum atomic E-state index is 11.3. The normalized spacial score (nSPS) is 12.0. The van der Waals surface area contributed by atoms with Crippen LogP contribution >= 0.6 is 11.6 Å². The Balaban J connectivity index is 1.89. The average molecular weight is 395 g/mol. The number of rotatable bonds is 7. The van der Waals surface area contributed by atoms with Crippen LogP contribution in [0.25, 0.3) is 0 Å². The van der Waals surface area contributed by atoms with E-state index < -0.39 is 10.0 Å². The van der Waals surface area contributed by atoms with Crippen LogP contribution in [-0.2, 0) is 23.0 Å². The standard InChI is InChI=1S/C18H23ClN4O2S/c1-2-21-18(23-13-15-3-7-16(19)8-4-15)22-12-11-14-5-9-17(10-6-14)26(20,24)25/h3-10H,2,11-13H2,1H3,(H2,20,24,25)(H2,21,22,23). The lowest BCUT2D eigenvalue weighted by molar-refractivity contribution is 0.598. The van der Waals surface area contributed by atoms with Gasteiger partial charge in [-0.2, -0.15) is 0 Å². The monoisotopic (exact) mass is 394 g/mol. The summed E-state index contributed by atoms with van der Waals surface area (Å²) in [5.74, 6) is 0.726. The highest BCUT2D eigenvalue weighted by molar-refractivity contribution is 7.89. The molecule has 0 unspecified atom stereocenters. The van der Waals surface area contributed by atoms with Crippen molar-refractivity contribution in [2.45, 2.75) is 24.8 Å². The Morgan fingerprint density at radius 3 is 2.23 bits per heavy atom. The van der Waals surface area contributed by atoms with Crippen molar-refractivity contribution >= 4 is 27.6 Å². The molecule has 0 aliphatic heterocycles. The number of hydrogen-bond acceptors (Lipinski definition) is 3. The Morgan fingerprint density at radius 1 is 1.04 bits per heavy atom. The fourth-order valence-corrected chi connectivity index (χ4v) is 2.91. The van der Waals surface area contributed by atoms with E-state index in [4.69, 9.17) is 16.7 Å². The summed E-state index contributed by atoms with van der Waals surface area (Å²) in [5.41, 5.74) is 2.09. The Kier molecular flexibility index (Phi) is 7.44. The van der Waals surface area contributed by atoms with Gasteiger partial charge in [0.1, 0.15) is 0 Å². The summed E-state index contributed by atoms with van der Waals surface area (Å²) >= 11 is 5.88. The maximum absolute atomic E-state index is 11.3. The van der Waals surface area contributed by atoms with Gasteiger partial charge in [0, 0.05) is 18.1 Å². The minimum absolute atomic E-state index is 0.118. The Labute approximate surface area is 159 Å². The van der Waals surface area contributed by atoms with Crippen LogP contribution in [-0.4, -0.2) is 27.5 Å². The van der Waals surface area contributed by atoms with Gasteiger partial charge in [-0.05, 0) is 48.7 Å². The average Bonchev–Trinajstić information content (AvgIpc) is 2.61. The molecular weight excluding hydrogens is 372 g/mol. The lowest BCUT2D eigenvalue weighted by atomic mass is 10.1. The van der Waals surface area contributed by atoms with Crippen LogP contribution in [0.3, 0.4) is 0 Å². The number of nitrogens with zero attached hydrogens (tertiary/aromatic N) is 1. The van der Waals surface area contributed by atoms with E-state index in [1.807, 2.05) is 31.2 Å². The maximum Gasteiger partial charge on any atom is 0.238 e. The van der Waals surface area contributed by atoms with Gasteiger partial charge in [0.2, 0.25) is 10.0 Å². The van der Waals surface area contributed by atoms with E-state index in [1.54, 1.807) is 12.1 Å². The Bertz CT molecular complexity index is 834. The second-order valence-electron chi connectivity index (χ2n) is 5.69. The van der Waals surface area contributed by atoms with Crippen molar-refractivity contribution in [3.05, 3.63) is 64.7 Å². The molecule has 0 aliphatic carbocycles. The number of nitrogens with one attached hydrogen (secondary N) is 2. The molecular formula is C18H23ClN4O2S. The zero-order valence-electron chi connectivity index (χ0n) is 14.6. The molecule has 6 nitrogen and oxygen atoms in total. The van der Waals surface area contributed by atoms with Gasteiger partial charge in [-0.3, -0.25) is 0 Å². The second kappa shape index (κ2) is 9.56. The van der Waals surface area contributed by atoms with Gasteiger partial charge in [-0.25, -0.2) is 18.5 Å². The van der Waals surface area contributed by atoms with E-state index in [1.165, 1.54) is 12.1 Å². The van der Waals surface area contributed by atoms with Crippen LogP contribution in [0.5, 0.6) is 0 Å². The number of primary sulfonamides is 1. The number of sulfonamides is 1. The van der Waals surface area contributed by atoms with Gasteiger partial charge in [-0.15, -0.1) is 0 Å². The largest absolute Gasteiger partial charge is 0.357 e. The van der Waals surface area contributed by atoms with Crippen molar-refractivity contribution in [1.29, 1.82) is 0 Å². The molecule has 0 amide bonds. The molecule has 0 bridgehead atoms. The highest BCUT2D eigenvalue weighted by atomic mass is 35.5. The number of benzene rings is 2. The molecule has 0 saturated heterocycles. The van der Waals surface area contributed by atoms with Gasteiger partial charge >= 0.3 is 0 Å². The minimum atomic E-state index is -3.65.